The lowest BCUT2D eigenvalue weighted by Gasteiger charge is -2.14. The van der Waals surface area contributed by atoms with Crippen molar-refractivity contribution in [2.45, 2.75) is 34.6 Å². The van der Waals surface area contributed by atoms with Gasteiger partial charge in [-0.1, -0.05) is 34.6 Å². The van der Waals surface area contributed by atoms with Crippen molar-refractivity contribution < 1.29 is 5.11 Å². The summed E-state index contributed by atoms with van der Waals surface area (Å²) in [7, 11) is 0. The van der Waals surface area contributed by atoms with Crippen LogP contribution in [0.4, 0.5) is 0 Å². The summed E-state index contributed by atoms with van der Waals surface area (Å²) in [6, 6.07) is 0. The van der Waals surface area contributed by atoms with Gasteiger partial charge in [0.1, 0.15) is 0 Å². The molecule has 0 aromatic rings. The van der Waals surface area contributed by atoms with Crippen molar-refractivity contribution in [1.29, 1.82) is 0 Å². The molecule has 0 bridgehead atoms. The first-order valence-corrected chi connectivity index (χ1v) is 3.74. The van der Waals surface area contributed by atoms with E-state index in [9.17, 15) is 5.11 Å². The van der Waals surface area contributed by atoms with Crippen LogP contribution >= 0.6 is 0 Å². The third-order valence-electron chi connectivity index (χ3n) is 1.17. The monoisotopic (exact) mass is 142 g/mol. The minimum atomic E-state index is 0.0916. The molecule has 0 amide bonds. The average molecular weight is 142 g/mol. The molecule has 0 aromatic carbocycles. The van der Waals surface area contributed by atoms with Crippen LogP contribution in [0.3, 0.4) is 0 Å². The fraction of sp³-hybridized carbons (Fsp3) is 0.778. The number of hydrogen-bond donors (Lipinski definition) is 1. The summed E-state index contributed by atoms with van der Waals surface area (Å²) in [5.41, 5.74) is 0.0916. The van der Waals surface area contributed by atoms with E-state index in [-0.39, 0.29) is 11.3 Å². The van der Waals surface area contributed by atoms with E-state index in [1.807, 2.05) is 19.9 Å². The van der Waals surface area contributed by atoms with Gasteiger partial charge in [-0.05, 0) is 11.5 Å². The zero-order chi connectivity index (χ0) is 8.36. The summed E-state index contributed by atoms with van der Waals surface area (Å²) < 4.78 is 0. The van der Waals surface area contributed by atoms with Crippen molar-refractivity contribution in [3.8, 4) is 0 Å². The Bertz CT molecular complexity index is 126. The highest BCUT2D eigenvalue weighted by molar-refractivity contribution is 5.00. The highest BCUT2D eigenvalue weighted by Gasteiger charge is 2.09. The Hall–Kier alpha value is -0.460. The standard InChI is InChI=1S/C9H18O/c1-7(2)8(10)6-9(3,4)5/h6-7,10H,1-5H3. The number of aliphatic hydroxyl groups excluding tert-OH is 1. The van der Waals surface area contributed by atoms with Crippen molar-refractivity contribution >= 4 is 0 Å². The largest absolute Gasteiger partial charge is 0.512 e. The fourth-order valence-corrected chi connectivity index (χ4v) is 0.610. The van der Waals surface area contributed by atoms with E-state index in [0.717, 1.165) is 0 Å². The van der Waals surface area contributed by atoms with Crippen LogP contribution in [0.5, 0.6) is 0 Å². The molecule has 1 heteroatoms. The maximum atomic E-state index is 9.32. The normalized spacial score (nSPS) is 14.4. The Labute approximate surface area is 63.8 Å². The smallest absolute Gasteiger partial charge is 0.0913 e. The molecule has 0 saturated carbocycles. The van der Waals surface area contributed by atoms with E-state index in [1.165, 1.54) is 0 Å². The maximum absolute atomic E-state index is 9.32. The average Bonchev–Trinajstić information content (AvgIpc) is 1.60. The molecule has 10 heavy (non-hydrogen) atoms. The number of aliphatic hydroxyl groups is 1. The van der Waals surface area contributed by atoms with Crippen molar-refractivity contribution in [1.82, 2.24) is 0 Å². The molecule has 0 aliphatic heterocycles. The van der Waals surface area contributed by atoms with Crippen LogP contribution in [0.2, 0.25) is 0 Å². The molecule has 0 aromatic heterocycles. The van der Waals surface area contributed by atoms with Crippen molar-refractivity contribution in [3.63, 3.8) is 0 Å². The van der Waals surface area contributed by atoms with Gasteiger partial charge in [0.25, 0.3) is 0 Å². The van der Waals surface area contributed by atoms with Gasteiger partial charge in [0.15, 0.2) is 0 Å². The Morgan fingerprint density at radius 3 is 1.80 bits per heavy atom. The second-order valence-electron chi connectivity index (χ2n) is 4.09. The van der Waals surface area contributed by atoms with E-state index in [0.29, 0.717) is 5.76 Å². The summed E-state index contributed by atoms with van der Waals surface area (Å²) in [4.78, 5) is 0. The molecule has 0 unspecified atom stereocenters. The molecular formula is C9H18O. The number of allylic oxidation sites excluding steroid dienone is 2. The second kappa shape index (κ2) is 3.09. The van der Waals surface area contributed by atoms with E-state index in [1.54, 1.807) is 0 Å². The molecule has 1 nitrogen and oxygen atoms in total. The molecule has 0 radical (unpaired) electrons. The molecule has 1 N–H and O–H groups in total. The van der Waals surface area contributed by atoms with E-state index >= 15 is 0 Å². The van der Waals surface area contributed by atoms with E-state index in [4.69, 9.17) is 0 Å². The third-order valence-corrected chi connectivity index (χ3v) is 1.17. The second-order valence-corrected chi connectivity index (χ2v) is 4.09. The molecule has 0 spiro atoms. The molecular weight excluding hydrogens is 124 g/mol. The van der Waals surface area contributed by atoms with Gasteiger partial charge < -0.3 is 5.11 Å². The summed E-state index contributed by atoms with van der Waals surface area (Å²) in [6.07, 6.45) is 1.90. The lowest BCUT2D eigenvalue weighted by Crippen LogP contribution is -2.04. The third kappa shape index (κ3) is 4.42. The van der Waals surface area contributed by atoms with Gasteiger partial charge in [-0.15, -0.1) is 0 Å². The molecule has 0 heterocycles. The quantitative estimate of drug-likeness (QED) is 0.558. The molecule has 0 saturated heterocycles. The lowest BCUT2D eigenvalue weighted by molar-refractivity contribution is 0.336. The SMILES string of the molecule is CC(C)C(O)=CC(C)(C)C. The van der Waals surface area contributed by atoms with Crippen molar-refractivity contribution in [2.24, 2.45) is 11.3 Å². The van der Waals surface area contributed by atoms with E-state index < -0.39 is 0 Å². The first kappa shape index (κ1) is 9.54. The predicted molar refractivity (Wildman–Crippen MR) is 45.0 cm³/mol. The minimum Gasteiger partial charge on any atom is -0.512 e. The lowest BCUT2D eigenvalue weighted by atomic mass is 9.94. The predicted octanol–water partition coefficient (Wildman–Crippen LogP) is 3.13. The summed E-state index contributed by atoms with van der Waals surface area (Å²) in [6.45, 7) is 10.2. The zero-order valence-corrected chi connectivity index (χ0v) is 7.60. The summed E-state index contributed by atoms with van der Waals surface area (Å²) >= 11 is 0. The Morgan fingerprint density at radius 2 is 1.70 bits per heavy atom. The van der Waals surface area contributed by atoms with Crippen molar-refractivity contribution in [3.05, 3.63) is 11.8 Å². The van der Waals surface area contributed by atoms with Gasteiger partial charge in [0.05, 0.1) is 5.76 Å². The van der Waals surface area contributed by atoms with Crippen LogP contribution in [0.15, 0.2) is 11.8 Å². The zero-order valence-electron chi connectivity index (χ0n) is 7.60. The topological polar surface area (TPSA) is 20.2 Å². The van der Waals surface area contributed by atoms with Crippen LogP contribution in [-0.2, 0) is 0 Å². The van der Waals surface area contributed by atoms with Gasteiger partial charge in [-0.2, -0.15) is 0 Å². The highest BCUT2D eigenvalue weighted by Crippen LogP contribution is 2.19. The number of rotatable bonds is 1. The van der Waals surface area contributed by atoms with Gasteiger partial charge in [-0.3, -0.25) is 0 Å². The van der Waals surface area contributed by atoms with Crippen LogP contribution in [0.1, 0.15) is 34.6 Å². The Morgan fingerprint density at radius 1 is 1.30 bits per heavy atom. The van der Waals surface area contributed by atoms with Gasteiger partial charge in [-0.25, -0.2) is 0 Å². The summed E-state index contributed by atoms with van der Waals surface area (Å²) in [5.74, 6) is 0.742. The highest BCUT2D eigenvalue weighted by atomic mass is 16.3. The molecule has 0 fully saturated rings. The van der Waals surface area contributed by atoms with E-state index in [2.05, 4.69) is 20.8 Å². The van der Waals surface area contributed by atoms with Gasteiger partial charge in [0.2, 0.25) is 0 Å². The van der Waals surface area contributed by atoms with Crippen LogP contribution < -0.4 is 0 Å². The Kier molecular flexibility index (Phi) is 2.95. The Balaban J connectivity index is 4.17. The first-order valence-electron chi connectivity index (χ1n) is 3.74. The molecule has 0 rings (SSSR count). The molecule has 0 aliphatic carbocycles. The molecule has 60 valence electrons. The van der Waals surface area contributed by atoms with Crippen LogP contribution in [0, 0.1) is 11.3 Å². The van der Waals surface area contributed by atoms with Crippen molar-refractivity contribution in [2.75, 3.05) is 0 Å². The first-order chi connectivity index (χ1) is 4.33. The fourth-order valence-electron chi connectivity index (χ4n) is 0.610. The van der Waals surface area contributed by atoms with Gasteiger partial charge >= 0.3 is 0 Å². The summed E-state index contributed by atoms with van der Waals surface area (Å²) in [5, 5.41) is 9.32. The number of hydrogen-bond acceptors (Lipinski definition) is 1. The van der Waals surface area contributed by atoms with Crippen LogP contribution in [0.25, 0.3) is 0 Å². The minimum absolute atomic E-state index is 0.0916. The maximum Gasteiger partial charge on any atom is 0.0913 e. The van der Waals surface area contributed by atoms with Crippen LogP contribution in [-0.4, -0.2) is 5.11 Å². The molecule has 0 atom stereocenters. The van der Waals surface area contributed by atoms with Gasteiger partial charge in [0, 0.05) is 5.92 Å². The molecule has 0 aliphatic rings.